The van der Waals surface area contributed by atoms with Crippen LogP contribution < -0.4 is 0 Å². The minimum absolute atomic E-state index is 0.875. The molecule has 0 saturated carbocycles. The highest BCUT2D eigenvalue weighted by Crippen LogP contribution is 2.37. The van der Waals surface area contributed by atoms with E-state index >= 15 is 0 Å². The molecule has 0 radical (unpaired) electrons. The fourth-order valence-corrected chi connectivity index (χ4v) is 5.57. The zero-order chi connectivity index (χ0) is 19.4. The second kappa shape index (κ2) is 6.47. The maximum atomic E-state index is 6.34. The fourth-order valence-electron chi connectivity index (χ4n) is 4.49. The summed E-state index contributed by atoms with van der Waals surface area (Å²) in [5, 5.41) is 5.21. The topological polar surface area (TPSA) is 13.1 Å². The van der Waals surface area contributed by atoms with Crippen LogP contribution in [0.2, 0.25) is 0 Å². The van der Waals surface area contributed by atoms with Crippen molar-refractivity contribution < 1.29 is 4.42 Å². The highest BCUT2D eigenvalue weighted by molar-refractivity contribution is 7.25. The number of para-hydroxylation sites is 1. The van der Waals surface area contributed by atoms with Gasteiger partial charge in [-0.15, -0.1) is 11.3 Å². The maximum absolute atomic E-state index is 6.34. The lowest BCUT2D eigenvalue weighted by Crippen LogP contribution is -1.91. The molecule has 0 spiro atoms. The van der Waals surface area contributed by atoms with Crippen molar-refractivity contribution in [3.05, 3.63) is 95.6 Å². The molecule has 29 heavy (non-hydrogen) atoms. The van der Waals surface area contributed by atoms with E-state index in [0.29, 0.717) is 0 Å². The van der Waals surface area contributed by atoms with Gasteiger partial charge in [-0.3, -0.25) is 0 Å². The predicted octanol–water partition coefficient (Wildman–Crippen LogP) is 8.11. The van der Waals surface area contributed by atoms with E-state index in [1.54, 1.807) is 0 Å². The van der Waals surface area contributed by atoms with Crippen LogP contribution in [-0.2, 0) is 12.8 Å². The third-order valence-electron chi connectivity index (χ3n) is 5.91. The molecule has 1 nitrogen and oxygen atoms in total. The van der Waals surface area contributed by atoms with Gasteiger partial charge in [-0.25, -0.2) is 0 Å². The van der Waals surface area contributed by atoms with Gasteiger partial charge in [0.1, 0.15) is 11.2 Å². The van der Waals surface area contributed by atoms with Gasteiger partial charge in [0.2, 0.25) is 0 Å². The maximum Gasteiger partial charge on any atom is 0.139 e. The average molecular weight is 393 g/mol. The van der Waals surface area contributed by atoms with Gasteiger partial charge in [0.15, 0.2) is 0 Å². The third kappa shape index (κ3) is 2.60. The number of benzene rings is 4. The molecule has 0 aliphatic heterocycles. The average Bonchev–Trinajstić information content (AvgIpc) is 3.33. The molecule has 6 aromatic rings. The lowest BCUT2D eigenvalue weighted by molar-refractivity contribution is 0.664. The van der Waals surface area contributed by atoms with Gasteiger partial charge in [0, 0.05) is 37.4 Å². The van der Waals surface area contributed by atoms with Crippen LogP contribution in [0.4, 0.5) is 0 Å². The van der Waals surface area contributed by atoms with E-state index in [-0.39, 0.29) is 0 Å². The number of fused-ring (bicyclic) bond motifs is 6. The predicted molar refractivity (Wildman–Crippen MR) is 125 cm³/mol. The van der Waals surface area contributed by atoms with Gasteiger partial charge >= 0.3 is 0 Å². The summed E-state index contributed by atoms with van der Waals surface area (Å²) in [5.74, 6) is 0. The third-order valence-corrected chi connectivity index (χ3v) is 7.06. The lowest BCUT2D eigenvalue weighted by Gasteiger charge is -2.07. The number of furan rings is 1. The molecule has 0 aliphatic carbocycles. The van der Waals surface area contributed by atoms with Gasteiger partial charge < -0.3 is 4.42 Å². The first-order valence-corrected chi connectivity index (χ1v) is 11.0. The Hall–Kier alpha value is -3.10. The molecule has 6 rings (SSSR count). The first-order chi connectivity index (χ1) is 14.3. The van der Waals surface area contributed by atoms with Gasteiger partial charge in [-0.1, -0.05) is 61.5 Å². The van der Waals surface area contributed by atoms with E-state index in [9.17, 15) is 0 Å². The monoisotopic (exact) mass is 392 g/mol. The van der Waals surface area contributed by atoms with Crippen molar-refractivity contribution in [2.75, 3.05) is 0 Å². The quantitative estimate of drug-likeness (QED) is 0.296. The van der Waals surface area contributed by atoms with Crippen molar-refractivity contribution in [3.8, 4) is 0 Å². The Morgan fingerprint density at radius 1 is 0.724 bits per heavy atom. The number of aryl methyl sites for hydroxylation is 1. The first kappa shape index (κ1) is 16.8. The number of hydrogen-bond acceptors (Lipinski definition) is 2. The number of rotatable bonds is 3. The van der Waals surface area contributed by atoms with Crippen molar-refractivity contribution in [1.29, 1.82) is 0 Å². The fraction of sp³-hybridized carbons (Fsp3) is 0.111. The van der Waals surface area contributed by atoms with Crippen LogP contribution in [-0.4, -0.2) is 0 Å². The van der Waals surface area contributed by atoms with E-state index in [4.69, 9.17) is 4.42 Å². The second-order valence-corrected chi connectivity index (χ2v) is 8.73. The second-order valence-electron chi connectivity index (χ2n) is 7.65. The number of hydrogen-bond donors (Lipinski definition) is 0. The molecule has 0 aliphatic rings. The largest absolute Gasteiger partial charge is 0.456 e. The van der Waals surface area contributed by atoms with Gasteiger partial charge in [-0.05, 0) is 47.4 Å². The zero-order valence-corrected chi connectivity index (χ0v) is 17.1. The van der Waals surface area contributed by atoms with Crippen molar-refractivity contribution in [3.63, 3.8) is 0 Å². The summed E-state index contributed by atoms with van der Waals surface area (Å²) in [6.45, 7) is 2.21. The van der Waals surface area contributed by atoms with Crippen LogP contribution >= 0.6 is 11.3 Å². The Morgan fingerprint density at radius 3 is 2.38 bits per heavy atom. The van der Waals surface area contributed by atoms with Crippen LogP contribution in [0.1, 0.15) is 23.6 Å². The summed E-state index contributed by atoms with van der Waals surface area (Å²) in [7, 11) is 0. The Kier molecular flexibility index (Phi) is 3.75. The normalized spacial score (nSPS) is 11.9. The van der Waals surface area contributed by atoms with Crippen LogP contribution in [0.15, 0.2) is 83.3 Å². The summed E-state index contributed by atoms with van der Waals surface area (Å²) in [4.78, 5) is 0. The number of thiophene rings is 1. The Morgan fingerprint density at radius 2 is 1.48 bits per heavy atom. The summed E-state index contributed by atoms with van der Waals surface area (Å²) in [6.07, 6.45) is 1.88. The van der Waals surface area contributed by atoms with E-state index < -0.39 is 0 Å². The summed E-state index contributed by atoms with van der Waals surface area (Å²) in [6, 6.07) is 28.5. The molecule has 4 aromatic carbocycles. The molecule has 140 valence electrons. The van der Waals surface area contributed by atoms with Gasteiger partial charge in [0.05, 0.1) is 0 Å². The minimum atomic E-state index is 0.875. The summed E-state index contributed by atoms with van der Waals surface area (Å²) < 4.78 is 9.05. The summed E-state index contributed by atoms with van der Waals surface area (Å²) in [5.41, 5.74) is 5.96. The van der Waals surface area contributed by atoms with Crippen molar-refractivity contribution >= 4 is 53.4 Å². The zero-order valence-electron chi connectivity index (χ0n) is 16.2. The van der Waals surface area contributed by atoms with E-state index in [1.807, 2.05) is 17.4 Å². The van der Waals surface area contributed by atoms with Crippen molar-refractivity contribution in [2.45, 2.75) is 19.8 Å². The SMILES string of the molecule is CCc1ccc(Cc2ccc3sc4ccccc4c3c2)c2oc3ccccc3c12. The van der Waals surface area contributed by atoms with E-state index in [0.717, 1.165) is 24.0 Å². The molecule has 0 fully saturated rings. The molecule has 0 amide bonds. The Balaban J connectivity index is 1.53. The van der Waals surface area contributed by atoms with Gasteiger partial charge in [0.25, 0.3) is 0 Å². The summed E-state index contributed by atoms with van der Waals surface area (Å²) >= 11 is 1.87. The molecule has 0 N–H and O–H groups in total. The molecular formula is C27H20OS. The molecule has 2 aromatic heterocycles. The van der Waals surface area contributed by atoms with Crippen LogP contribution in [0.3, 0.4) is 0 Å². The van der Waals surface area contributed by atoms with Crippen LogP contribution in [0.5, 0.6) is 0 Å². The molecule has 0 unspecified atom stereocenters. The Labute approximate surface area is 173 Å². The van der Waals surface area contributed by atoms with Crippen LogP contribution in [0.25, 0.3) is 42.1 Å². The van der Waals surface area contributed by atoms with E-state index in [1.165, 1.54) is 47.6 Å². The van der Waals surface area contributed by atoms with Crippen molar-refractivity contribution in [2.24, 2.45) is 0 Å². The van der Waals surface area contributed by atoms with Gasteiger partial charge in [-0.2, -0.15) is 0 Å². The molecule has 2 heterocycles. The minimum Gasteiger partial charge on any atom is -0.456 e. The highest BCUT2D eigenvalue weighted by Gasteiger charge is 2.15. The molecule has 0 bridgehead atoms. The molecule has 2 heteroatoms. The molecule has 0 saturated heterocycles. The van der Waals surface area contributed by atoms with E-state index in [2.05, 4.69) is 79.7 Å². The lowest BCUT2D eigenvalue weighted by atomic mass is 9.97. The molecular weight excluding hydrogens is 372 g/mol. The standard InChI is InChI=1S/C27H20OS/c1-2-18-12-13-19(27-26(18)21-8-3-5-9-23(21)28-27)15-17-11-14-25-22(16-17)20-7-4-6-10-24(20)29-25/h3-14,16H,2,15H2,1H3. The molecule has 0 atom stereocenters. The first-order valence-electron chi connectivity index (χ1n) is 10.1. The Bertz CT molecular complexity index is 1520. The van der Waals surface area contributed by atoms with Crippen molar-refractivity contribution in [1.82, 2.24) is 0 Å². The smallest absolute Gasteiger partial charge is 0.139 e. The van der Waals surface area contributed by atoms with Crippen LogP contribution in [0, 0.1) is 0 Å². The highest BCUT2D eigenvalue weighted by atomic mass is 32.1.